The van der Waals surface area contributed by atoms with E-state index in [0.29, 0.717) is 22.5 Å². The van der Waals surface area contributed by atoms with Crippen LogP contribution in [0, 0.1) is 52.3 Å². The van der Waals surface area contributed by atoms with Crippen LogP contribution in [-0.4, -0.2) is 5.78 Å². The topological polar surface area (TPSA) is 17.1 Å². The van der Waals surface area contributed by atoms with Crippen LogP contribution in [-0.2, 0) is 4.79 Å². The van der Waals surface area contributed by atoms with E-state index < -0.39 is 0 Å². The van der Waals surface area contributed by atoms with Gasteiger partial charge in [0.25, 0.3) is 0 Å². The average molecular weight is 385 g/mol. The summed E-state index contributed by atoms with van der Waals surface area (Å²) in [5.41, 5.74) is 0.870. The minimum absolute atomic E-state index is 0.291. The van der Waals surface area contributed by atoms with Gasteiger partial charge in [-0.3, -0.25) is 4.79 Å². The summed E-state index contributed by atoms with van der Waals surface area (Å²) < 4.78 is 0. The second kappa shape index (κ2) is 7.59. The maximum Gasteiger partial charge on any atom is 0.155 e. The summed E-state index contributed by atoms with van der Waals surface area (Å²) in [6, 6.07) is 0. The van der Waals surface area contributed by atoms with Crippen LogP contribution < -0.4 is 0 Å². The zero-order valence-electron chi connectivity index (χ0n) is 19.2. The molecule has 1 nitrogen and oxygen atoms in total. The lowest BCUT2D eigenvalue weighted by molar-refractivity contribution is -0.122. The van der Waals surface area contributed by atoms with E-state index in [2.05, 4.69) is 40.7 Å². The lowest BCUT2D eigenvalue weighted by Crippen LogP contribution is -2.52. The molecule has 0 heterocycles. The molecule has 0 amide bonds. The van der Waals surface area contributed by atoms with Gasteiger partial charge in [-0.25, -0.2) is 0 Å². The van der Waals surface area contributed by atoms with Crippen LogP contribution >= 0.6 is 0 Å². The number of carbonyl (C=O) groups excluding carboxylic acids is 1. The first-order chi connectivity index (χ1) is 13.3. The third-order valence-corrected chi connectivity index (χ3v) is 10.2. The van der Waals surface area contributed by atoms with Crippen LogP contribution in [0.3, 0.4) is 0 Å². The molecular weight excluding hydrogens is 340 g/mol. The summed E-state index contributed by atoms with van der Waals surface area (Å²) in [5, 5.41) is 0. The van der Waals surface area contributed by atoms with E-state index in [1.165, 1.54) is 57.8 Å². The van der Waals surface area contributed by atoms with Gasteiger partial charge in [0, 0.05) is 6.42 Å². The number of hydrogen-bond donors (Lipinski definition) is 0. The minimum Gasteiger partial charge on any atom is -0.295 e. The fourth-order valence-electron chi connectivity index (χ4n) is 8.66. The zero-order chi connectivity index (χ0) is 20.1. The highest BCUT2D eigenvalue weighted by Crippen LogP contribution is 2.67. The van der Waals surface area contributed by atoms with E-state index in [4.69, 9.17) is 0 Å². The normalized spacial score (nSPS) is 46.2. The van der Waals surface area contributed by atoms with Crippen LogP contribution in [0.2, 0.25) is 0 Å². The van der Waals surface area contributed by atoms with Crippen molar-refractivity contribution >= 4 is 5.78 Å². The van der Waals surface area contributed by atoms with Gasteiger partial charge in [-0.05, 0) is 96.9 Å². The Morgan fingerprint density at radius 1 is 1.00 bits per heavy atom. The molecule has 3 saturated carbocycles. The van der Waals surface area contributed by atoms with Crippen LogP contribution in [0.1, 0.15) is 98.8 Å². The van der Waals surface area contributed by atoms with Crippen LogP contribution in [0.15, 0.2) is 12.2 Å². The molecule has 0 spiro atoms. The molecule has 0 N–H and O–H groups in total. The first kappa shape index (κ1) is 20.7. The number of allylic oxidation sites excluding steroid dienone is 2. The van der Waals surface area contributed by atoms with E-state index in [1.54, 1.807) is 0 Å². The highest BCUT2D eigenvalue weighted by molar-refractivity contribution is 5.91. The van der Waals surface area contributed by atoms with Gasteiger partial charge in [0.1, 0.15) is 0 Å². The highest BCUT2D eigenvalue weighted by Gasteiger charge is 2.59. The van der Waals surface area contributed by atoms with Crippen molar-refractivity contribution in [3.63, 3.8) is 0 Å². The van der Waals surface area contributed by atoms with Gasteiger partial charge in [0.15, 0.2) is 5.78 Å². The standard InChI is InChI=1S/C27H44O/c1-18(2)7-6-8-19(3)23-11-12-24-22-10-9-20-17-21(28)13-15-26(20,4)25(22)14-16-27(23,24)5/h13,15,18-20,22-25H,6-12,14,16-17H2,1-5H3/t19-,20+,22+,23+,24-,25+,26+,27+/m1/s1. The summed E-state index contributed by atoms with van der Waals surface area (Å²) in [4.78, 5) is 12.0. The Morgan fingerprint density at radius 3 is 2.54 bits per heavy atom. The second-order valence-electron chi connectivity index (χ2n) is 12.1. The van der Waals surface area contributed by atoms with E-state index in [0.717, 1.165) is 41.9 Å². The lowest BCUT2D eigenvalue weighted by atomic mass is 9.45. The third kappa shape index (κ3) is 3.33. The van der Waals surface area contributed by atoms with Gasteiger partial charge in [-0.2, -0.15) is 0 Å². The Hall–Kier alpha value is -0.590. The van der Waals surface area contributed by atoms with Gasteiger partial charge < -0.3 is 0 Å². The fourth-order valence-corrected chi connectivity index (χ4v) is 8.66. The van der Waals surface area contributed by atoms with Crippen molar-refractivity contribution < 1.29 is 4.79 Å². The SMILES string of the molecule is CC(C)CCC[C@@H](C)[C@@H]1CC[C@@H]2[C@@H]3CC[C@H]4CC(=O)C=C[C@]4(C)[C@H]3CC[C@]21C. The van der Waals surface area contributed by atoms with Crippen molar-refractivity contribution in [2.24, 2.45) is 52.3 Å². The molecule has 0 aromatic rings. The van der Waals surface area contributed by atoms with Gasteiger partial charge in [0.2, 0.25) is 0 Å². The Morgan fingerprint density at radius 2 is 1.79 bits per heavy atom. The minimum atomic E-state index is 0.291. The lowest BCUT2D eigenvalue weighted by Gasteiger charge is -2.59. The molecule has 8 atom stereocenters. The van der Waals surface area contributed by atoms with E-state index in [9.17, 15) is 4.79 Å². The van der Waals surface area contributed by atoms with E-state index in [1.807, 2.05) is 6.08 Å². The first-order valence-electron chi connectivity index (χ1n) is 12.5. The summed E-state index contributed by atoms with van der Waals surface area (Å²) >= 11 is 0. The summed E-state index contributed by atoms with van der Waals surface area (Å²) in [6.45, 7) is 12.5. The number of ketones is 1. The second-order valence-corrected chi connectivity index (χ2v) is 12.1. The average Bonchev–Trinajstić information content (AvgIpc) is 2.99. The molecule has 0 radical (unpaired) electrons. The summed E-state index contributed by atoms with van der Waals surface area (Å²) in [5.74, 6) is 6.34. The molecule has 4 aliphatic rings. The van der Waals surface area contributed by atoms with Crippen molar-refractivity contribution in [2.75, 3.05) is 0 Å². The van der Waals surface area contributed by atoms with Crippen LogP contribution in [0.25, 0.3) is 0 Å². The highest BCUT2D eigenvalue weighted by atomic mass is 16.1. The number of carbonyl (C=O) groups is 1. The van der Waals surface area contributed by atoms with E-state index in [-0.39, 0.29) is 0 Å². The molecular formula is C27H44O. The summed E-state index contributed by atoms with van der Waals surface area (Å²) in [6.07, 6.45) is 17.8. The monoisotopic (exact) mass is 384 g/mol. The van der Waals surface area contributed by atoms with Crippen molar-refractivity contribution in [3.05, 3.63) is 12.2 Å². The zero-order valence-corrected chi connectivity index (χ0v) is 19.2. The molecule has 0 bridgehead atoms. The maximum atomic E-state index is 12.0. The molecule has 1 heteroatoms. The largest absolute Gasteiger partial charge is 0.295 e. The molecule has 0 aromatic carbocycles. The van der Waals surface area contributed by atoms with Crippen molar-refractivity contribution in [1.29, 1.82) is 0 Å². The Balaban J connectivity index is 1.49. The molecule has 4 rings (SSSR count). The third-order valence-electron chi connectivity index (χ3n) is 10.2. The maximum absolute atomic E-state index is 12.0. The van der Waals surface area contributed by atoms with Gasteiger partial charge in [-0.15, -0.1) is 0 Å². The number of fused-ring (bicyclic) bond motifs is 5. The van der Waals surface area contributed by atoms with Gasteiger partial charge >= 0.3 is 0 Å². The molecule has 0 saturated heterocycles. The Kier molecular flexibility index (Phi) is 5.60. The number of rotatable bonds is 5. The first-order valence-corrected chi connectivity index (χ1v) is 12.5. The smallest absolute Gasteiger partial charge is 0.155 e. The van der Waals surface area contributed by atoms with Crippen LogP contribution in [0.5, 0.6) is 0 Å². The number of hydrogen-bond acceptors (Lipinski definition) is 1. The predicted octanol–water partition coefficient (Wildman–Crippen LogP) is 7.45. The van der Waals surface area contributed by atoms with Crippen LogP contribution in [0.4, 0.5) is 0 Å². The van der Waals surface area contributed by atoms with Crippen molar-refractivity contribution in [3.8, 4) is 0 Å². The molecule has 0 aliphatic heterocycles. The molecule has 0 aromatic heterocycles. The van der Waals surface area contributed by atoms with Crippen molar-refractivity contribution in [2.45, 2.75) is 98.8 Å². The molecule has 0 unspecified atom stereocenters. The molecule has 158 valence electrons. The Bertz CT molecular complexity index is 618. The molecule has 28 heavy (non-hydrogen) atoms. The Labute approximate surface area is 174 Å². The van der Waals surface area contributed by atoms with Gasteiger partial charge in [-0.1, -0.05) is 60.0 Å². The van der Waals surface area contributed by atoms with E-state index >= 15 is 0 Å². The fraction of sp³-hybridized carbons (Fsp3) is 0.889. The summed E-state index contributed by atoms with van der Waals surface area (Å²) in [7, 11) is 0. The predicted molar refractivity (Wildman–Crippen MR) is 118 cm³/mol. The van der Waals surface area contributed by atoms with Gasteiger partial charge in [0.05, 0.1) is 0 Å². The molecule has 4 aliphatic carbocycles. The quantitative estimate of drug-likeness (QED) is 0.481. The van der Waals surface area contributed by atoms with Crippen molar-refractivity contribution in [1.82, 2.24) is 0 Å². The molecule has 3 fully saturated rings.